The molecule has 0 aliphatic rings. The Morgan fingerprint density at radius 3 is 2.28 bits per heavy atom. The van der Waals surface area contributed by atoms with E-state index in [1.165, 1.54) is 0 Å². The fourth-order valence-electron chi connectivity index (χ4n) is 1.55. The Morgan fingerprint density at radius 2 is 1.67 bits per heavy atom. The normalized spacial score (nSPS) is 10.7. The first kappa shape index (κ1) is 17.9. The molecular formula is C12H20NNaO3S. The summed E-state index contributed by atoms with van der Waals surface area (Å²) in [4.78, 5) is 0. The van der Waals surface area contributed by atoms with Crippen LogP contribution in [0.25, 0.3) is 0 Å². The van der Waals surface area contributed by atoms with E-state index in [1.807, 2.05) is 30.3 Å². The number of anilines is 1. The van der Waals surface area contributed by atoms with E-state index < -0.39 is 10.1 Å². The fourth-order valence-corrected chi connectivity index (χ4v) is 2.12. The number of rotatable bonds is 8. The molecule has 0 heterocycles. The fraction of sp³-hybridized carbons (Fsp3) is 0.500. The van der Waals surface area contributed by atoms with Crippen LogP contribution in [-0.4, -0.2) is 25.3 Å². The number of hydrogen-bond acceptors (Lipinski definition) is 3. The first-order chi connectivity index (χ1) is 8.08. The van der Waals surface area contributed by atoms with Gasteiger partial charge in [-0.2, -0.15) is 8.42 Å². The van der Waals surface area contributed by atoms with E-state index in [9.17, 15) is 8.42 Å². The van der Waals surface area contributed by atoms with Crippen molar-refractivity contribution in [3.05, 3.63) is 30.3 Å². The molecule has 0 radical (unpaired) electrons. The molecule has 0 bridgehead atoms. The number of nitrogens with one attached hydrogen (secondary N) is 1. The SMILES string of the molecule is O=S(=O)(O)CCCCCCNc1ccccc1.[H-].[Na+]. The molecule has 0 aliphatic carbocycles. The third-order valence-electron chi connectivity index (χ3n) is 2.43. The van der Waals surface area contributed by atoms with Gasteiger partial charge >= 0.3 is 29.6 Å². The summed E-state index contributed by atoms with van der Waals surface area (Å²) in [6.07, 6.45) is 3.33. The van der Waals surface area contributed by atoms with Gasteiger partial charge in [-0.25, -0.2) is 0 Å². The van der Waals surface area contributed by atoms with E-state index in [0.717, 1.165) is 31.5 Å². The van der Waals surface area contributed by atoms with Crippen molar-refractivity contribution in [2.24, 2.45) is 0 Å². The van der Waals surface area contributed by atoms with Crippen molar-refractivity contribution >= 4 is 15.8 Å². The van der Waals surface area contributed by atoms with Crippen LogP contribution in [0.3, 0.4) is 0 Å². The molecule has 0 saturated carbocycles. The molecule has 0 unspecified atom stereocenters. The molecule has 1 aromatic carbocycles. The minimum Gasteiger partial charge on any atom is -1.00 e. The Morgan fingerprint density at radius 1 is 1.06 bits per heavy atom. The van der Waals surface area contributed by atoms with Gasteiger partial charge in [-0.05, 0) is 25.0 Å². The van der Waals surface area contributed by atoms with Gasteiger partial charge in [0.15, 0.2) is 0 Å². The van der Waals surface area contributed by atoms with Gasteiger partial charge in [0.05, 0.1) is 5.75 Å². The number of para-hydroxylation sites is 1. The Kier molecular flexibility index (Phi) is 9.77. The summed E-state index contributed by atoms with van der Waals surface area (Å²) < 4.78 is 29.4. The molecule has 1 rings (SSSR count). The molecule has 0 aromatic heterocycles. The zero-order valence-corrected chi connectivity index (χ0v) is 13.6. The average molecular weight is 281 g/mol. The first-order valence-electron chi connectivity index (χ1n) is 5.82. The monoisotopic (exact) mass is 281 g/mol. The third kappa shape index (κ3) is 9.91. The molecule has 0 atom stereocenters. The minimum absolute atomic E-state index is 0. The molecule has 4 nitrogen and oxygen atoms in total. The largest absolute Gasteiger partial charge is 1.00 e. The Labute approximate surface area is 133 Å². The van der Waals surface area contributed by atoms with Crippen molar-refractivity contribution in [3.8, 4) is 0 Å². The molecular weight excluding hydrogens is 261 g/mol. The van der Waals surface area contributed by atoms with Gasteiger partial charge in [0.1, 0.15) is 0 Å². The average Bonchev–Trinajstić information content (AvgIpc) is 2.28. The van der Waals surface area contributed by atoms with E-state index in [-0.39, 0.29) is 36.7 Å². The summed E-state index contributed by atoms with van der Waals surface area (Å²) in [5.74, 6) is -0.126. The second-order valence-electron chi connectivity index (χ2n) is 3.99. The Bertz CT molecular complexity index is 414. The number of benzene rings is 1. The van der Waals surface area contributed by atoms with Gasteiger partial charge in [-0.1, -0.05) is 31.0 Å². The van der Waals surface area contributed by atoms with Gasteiger partial charge in [0.25, 0.3) is 10.1 Å². The smallest absolute Gasteiger partial charge is 1.00 e. The van der Waals surface area contributed by atoms with E-state index in [2.05, 4.69) is 5.32 Å². The summed E-state index contributed by atoms with van der Waals surface area (Å²) >= 11 is 0. The van der Waals surface area contributed by atoms with Crippen LogP contribution in [0, 0.1) is 0 Å². The molecule has 18 heavy (non-hydrogen) atoms. The van der Waals surface area contributed by atoms with Crippen LogP contribution in [0.15, 0.2) is 30.3 Å². The zero-order valence-electron chi connectivity index (χ0n) is 11.8. The summed E-state index contributed by atoms with van der Waals surface area (Å²) in [5, 5.41) is 3.28. The predicted molar refractivity (Wildman–Crippen MR) is 70.9 cm³/mol. The van der Waals surface area contributed by atoms with Crippen LogP contribution in [-0.2, 0) is 10.1 Å². The van der Waals surface area contributed by atoms with Crippen LogP contribution < -0.4 is 34.9 Å². The third-order valence-corrected chi connectivity index (χ3v) is 3.24. The number of unbranched alkanes of at least 4 members (excludes halogenated alkanes) is 3. The van der Waals surface area contributed by atoms with Crippen LogP contribution in [0.2, 0.25) is 0 Å². The van der Waals surface area contributed by atoms with Gasteiger partial charge in [-0.15, -0.1) is 0 Å². The van der Waals surface area contributed by atoms with Crippen molar-refractivity contribution in [2.45, 2.75) is 25.7 Å². The van der Waals surface area contributed by atoms with Crippen LogP contribution in [0.1, 0.15) is 27.1 Å². The van der Waals surface area contributed by atoms with Gasteiger partial charge in [0.2, 0.25) is 0 Å². The summed E-state index contributed by atoms with van der Waals surface area (Å²) in [7, 11) is -3.78. The summed E-state index contributed by atoms with van der Waals surface area (Å²) in [6.45, 7) is 0.885. The van der Waals surface area contributed by atoms with Crippen molar-refractivity contribution in [3.63, 3.8) is 0 Å². The van der Waals surface area contributed by atoms with Crippen molar-refractivity contribution in [2.75, 3.05) is 17.6 Å². The second kappa shape index (κ2) is 9.81. The first-order valence-corrected chi connectivity index (χ1v) is 7.43. The molecule has 0 aliphatic heterocycles. The van der Waals surface area contributed by atoms with Gasteiger partial charge in [-0.3, -0.25) is 4.55 Å². The maximum absolute atomic E-state index is 10.4. The zero-order chi connectivity index (χ0) is 12.6. The second-order valence-corrected chi connectivity index (χ2v) is 5.57. The predicted octanol–water partition coefficient (Wildman–Crippen LogP) is -0.337. The van der Waals surface area contributed by atoms with Crippen LogP contribution in [0.4, 0.5) is 5.69 Å². The van der Waals surface area contributed by atoms with E-state index in [0.29, 0.717) is 6.42 Å². The van der Waals surface area contributed by atoms with Crippen molar-refractivity contribution in [1.82, 2.24) is 0 Å². The summed E-state index contributed by atoms with van der Waals surface area (Å²) in [6, 6.07) is 9.96. The molecule has 0 spiro atoms. The van der Waals surface area contributed by atoms with Crippen molar-refractivity contribution in [1.29, 1.82) is 0 Å². The van der Waals surface area contributed by atoms with Crippen LogP contribution >= 0.6 is 0 Å². The summed E-state index contributed by atoms with van der Waals surface area (Å²) in [5.41, 5.74) is 1.10. The molecule has 0 fully saturated rings. The Balaban J connectivity index is 0. The molecule has 0 saturated heterocycles. The molecule has 2 N–H and O–H groups in total. The van der Waals surface area contributed by atoms with Crippen LogP contribution in [0.5, 0.6) is 0 Å². The molecule has 1 aromatic rings. The molecule has 98 valence electrons. The number of hydrogen-bond donors (Lipinski definition) is 2. The van der Waals surface area contributed by atoms with Gasteiger partial charge in [0, 0.05) is 12.2 Å². The van der Waals surface area contributed by atoms with E-state index in [4.69, 9.17) is 4.55 Å². The minimum atomic E-state index is -3.78. The Hall–Kier alpha value is -0.0700. The van der Waals surface area contributed by atoms with Crippen molar-refractivity contribution < 1.29 is 44.0 Å². The standard InChI is InChI=1S/C12H19NO3S.Na.H/c14-17(15,16)11-7-2-1-6-10-13-12-8-4-3-5-9-12;;/h3-5,8-9,13H,1-2,6-7,10-11H2,(H,14,15,16);;/q;+1;-1. The quantitative estimate of drug-likeness (QED) is 0.389. The molecule has 6 heteroatoms. The topological polar surface area (TPSA) is 66.4 Å². The van der Waals surface area contributed by atoms with E-state index >= 15 is 0 Å². The van der Waals surface area contributed by atoms with E-state index in [1.54, 1.807) is 0 Å². The van der Waals surface area contributed by atoms with Gasteiger partial charge < -0.3 is 6.74 Å². The maximum Gasteiger partial charge on any atom is 1.00 e. The maximum atomic E-state index is 10.4. The molecule has 0 amide bonds.